The molecule has 1 aromatic carbocycles. The van der Waals surface area contributed by atoms with Gasteiger partial charge in [0, 0.05) is 11.3 Å². The van der Waals surface area contributed by atoms with Crippen LogP contribution in [0.25, 0.3) is 0 Å². The number of carbonyl (C=O) groups is 3. The molecule has 0 spiro atoms. The van der Waals surface area contributed by atoms with E-state index >= 15 is 0 Å². The molecule has 0 unspecified atom stereocenters. The summed E-state index contributed by atoms with van der Waals surface area (Å²) in [7, 11) is 0. The van der Waals surface area contributed by atoms with Gasteiger partial charge in [0.05, 0.1) is 5.37 Å². The third kappa shape index (κ3) is 3.00. The van der Waals surface area contributed by atoms with Crippen LogP contribution in [-0.2, 0) is 20.9 Å². The smallest absolute Gasteiger partial charge is 0.327 e. The second kappa shape index (κ2) is 6.34. The monoisotopic (exact) mass is 364 g/mol. The highest BCUT2D eigenvalue weighted by atomic mass is 32.2. The lowest BCUT2D eigenvalue weighted by molar-refractivity contribution is -0.171. The minimum absolute atomic E-state index is 0.252. The predicted octanol–water partition coefficient (Wildman–Crippen LogP) is 0.427. The van der Waals surface area contributed by atoms with Crippen molar-refractivity contribution in [1.82, 2.24) is 10.2 Å². The van der Waals surface area contributed by atoms with Gasteiger partial charge in [-0.25, -0.2) is 4.79 Å². The van der Waals surface area contributed by atoms with Gasteiger partial charge in [0.2, 0.25) is 11.8 Å². The number of carboxylic acid groups (broad SMARTS) is 1. The van der Waals surface area contributed by atoms with E-state index in [0.29, 0.717) is 0 Å². The van der Waals surface area contributed by atoms with Gasteiger partial charge in [-0.3, -0.25) is 9.59 Å². The maximum Gasteiger partial charge on any atom is 0.327 e. The molecule has 2 amide bonds. The fraction of sp³-hybridized carbons (Fsp3) is 0.471. The second-order valence-corrected chi connectivity index (χ2v) is 8.54. The normalized spacial score (nSPS) is 28.0. The number of nitrogens with zero attached hydrogens (tertiary/aromatic N) is 1. The highest BCUT2D eigenvalue weighted by Crippen LogP contribution is 2.54. The lowest BCUT2D eigenvalue weighted by atomic mass is 9.87. The zero-order chi connectivity index (χ0) is 18.4. The summed E-state index contributed by atoms with van der Waals surface area (Å²) in [4.78, 5) is 37.3. The van der Waals surface area contributed by atoms with Gasteiger partial charge in [0.15, 0.2) is 0 Å². The van der Waals surface area contributed by atoms with Crippen molar-refractivity contribution in [3.05, 3.63) is 35.9 Å². The molecule has 3 rings (SSSR count). The Bertz CT molecular complexity index is 708. The molecule has 2 aliphatic heterocycles. The first-order valence-corrected chi connectivity index (χ1v) is 8.84. The first-order chi connectivity index (χ1) is 11.7. The largest absolute Gasteiger partial charge is 0.480 e. The minimum atomic E-state index is -1.49. The number of hydrogen-bond acceptors (Lipinski definition) is 5. The van der Waals surface area contributed by atoms with E-state index in [2.05, 4.69) is 5.32 Å². The lowest BCUT2D eigenvalue weighted by Gasteiger charge is -2.44. The van der Waals surface area contributed by atoms with Gasteiger partial charge in [-0.1, -0.05) is 30.3 Å². The first-order valence-electron chi connectivity index (χ1n) is 7.96. The Hall–Kier alpha value is -2.06. The summed E-state index contributed by atoms with van der Waals surface area (Å²) in [6, 6.07) is 8.28. The summed E-state index contributed by atoms with van der Waals surface area (Å²) >= 11 is 1.31. The van der Waals surface area contributed by atoms with Crippen LogP contribution in [0.5, 0.6) is 0 Å². The van der Waals surface area contributed by atoms with Crippen LogP contribution in [-0.4, -0.2) is 55.2 Å². The van der Waals surface area contributed by atoms with E-state index in [-0.39, 0.29) is 6.54 Å². The fourth-order valence-corrected chi connectivity index (χ4v) is 5.10. The minimum Gasteiger partial charge on any atom is -0.480 e. The van der Waals surface area contributed by atoms with Gasteiger partial charge in [0.25, 0.3) is 0 Å². The Morgan fingerprint density at radius 2 is 1.96 bits per heavy atom. The molecule has 0 bridgehead atoms. The Morgan fingerprint density at radius 1 is 1.32 bits per heavy atom. The van der Waals surface area contributed by atoms with Crippen molar-refractivity contribution in [3.8, 4) is 0 Å². The van der Waals surface area contributed by atoms with Gasteiger partial charge in [-0.2, -0.15) is 0 Å². The van der Waals surface area contributed by atoms with Gasteiger partial charge < -0.3 is 20.4 Å². The summed E-state index contributed by atoms with van der Waals surface area (Å²) in [6.45, 7) is 3.75. The molecule has 2 saturated heterocycles. The molecule has 8 heteroatoms. The van der Waals surface area contributed by atoms with Crippen molar-refractivity contribution >= 4 is 29.5 Å². The van der Waals surface area contributed by atoms with Crippen LogP contribution < -0.4 is 5.32 Å². The van der Waals surface area contributed by atoms with Crippen molar-refractivity contribution in [2.24, 2.45) is 5.92 Å². The number of aliphatic hydroxyl groups is 1. The number of aliphatic hydroxyl groups excluding tert-OH is 1. The van der Waals surface area contributed by atoms with Crippen LogP contribution in [0.3, 0.4) is 0 Å². The summed E-state index contributed by atoms with van der Waals surface area (Å²) in [5.41, 5.74) is 0.881. The van der Waals surface area contributed by atoms with Crippen LogP contribution in [0, 0.1) is 5.92 Å². The Morgan fingerprint density at radius 3 is 2.56 bits per heavy atom. The van der Waals surface area contributed by atoms with E-state index in [9.17, 15) is 24.6 Å². The third-order valence-electron chi connectivity index (χ3n) is 4.63. The standard InChI is InChI=1S/C17H20N2O5S/c1-17(2)12(16(23)24)19-14(22)10(15(19)25-17)11(20)13(21)18-8-9-6-4-3-5-7-9/h3-7,10-12,15,20H,8H2,1-2H3,(H,18,21)(H,23,24)/t10-,11+,12+,15-/m1/s1. The molecule has 4 atom stereocenters. The second-order valence-electron chi connectivity index (χ2n) is 6.77. The number of β-lactam (4-membered cyclic amide) rings is 1. The molecule has 1 aromatic rings. The van der Waals surface area contributed by atoms with Crippen molar-refractivity contribution < 1.29 is 24.6 Å². The number of fused-ring (bicyclic) bond motifs is 1. The summed E-state index contributed by atoms with van der Waals surface area (Å²) in [6.07, 6.45) is -1.49. The molecular formula is C17H20N2O5S. The van der Waals surface area contributed by atoms with Gasteiger partial charge in [-0.05, 0) is 19.4 Å². The van der Waals surface area contributed by atoms with Gasteiger partial charge in [0.1, 0.15) is 18.1 Å². The number of rotatable bonds is 5. The average molecular weight is 364 g/mol. The number of thioether (sulfide) groups is 1. The number of aliphatic carboxylic acids is 1. The SMILES string of the molecule is CC1(C)S[C@@H]2[C@H]([C@H](O)C(=O)NCc3ccccc3)C(=O)N2[C@H]1C(=O)O. The highest BCUT2D eigenvalue weighted by Gasteiger charge is 2.66. The summed E-state index contributed by atoms with van der Waals surface area (Å²) in [5, 5.41) is 21.8. The summed E-state index contributed by atoms with van der Waals surface area (Å²) in [5.74, 6) is -3.10. The van der Waals surface area contributed by atoms with Crippen molar-refractivity contribution in [3.63, 3.8) is 0 Å². The maximum atomic E-state index is 12.4. The lowest BCUT2D eigenvalue weighted by Crippen LogP contribution is -2.67. The number of carboxylic acids is 1. The molecular weight excluding hydrogens is 344 g/mol. The van der Waals surface area contributed by atoms with Crippen molar-refractivity contribution in [2.45, 2.75) is 42.7 Å². The fourth-order valence-electron chi connectivity index (χ4n) is 3.39. The number of hydrogen-bond donors (Lipinski definition) is 3. The molecule has 134 valence electrons. The van der Waals surface area contributed by atoms with E-state index in [1.165, 1.54) is 16.7 Å². The topological polar surface area (TPSA) is 107 Å². The number of amides is 2. The molecule has 0 saturated carbocycles. The van der Waals surface area contributed by atoms with E-state index in [1.54, 1.807) is 13.8 Å². The highest BCUT2D eigenvalue weighted by molar-refractivity contribution is 8.01. The molecule has 25 heavy (non-hydrogen) atoms. The first kappa shape index (κ1) is 17.8. The van der Waals surface area contributed by atoms with E-state index in [4.69, 9.17) is 0 Å². The molecule has 2 aliphatic rings. The van der Waals surface area contributed by atoms with Crippen molar-refractivity contribution in [2.75, 3.05) is 0 Å². The molecule has 7 nitrogen and oxygen atoms in total. The van der Waals surface area contributed by atoms with E-state index in [0.717, 1.165) is 5.56 Å². The van der Waals surface area contributed by atoms with Crippen LogP contribution in [0.1, 0.15) is 19.4 Å². The van der Waals surface area contributed by atoms with Crippen LogP contribution in [0.15, 0.2) is 30.3 Å². The quantitative estimate of drug-likeness (QED) is 0.654. The van der Waals surface area contributed by atoms with Crippen LogP contribution in [0.4, 0.5) is 0 Å². The number of carbonyl (C=O) groups excluding carboxylic acids is 2. The maximum absolute atomic E-state index is 12.4. The molecule has 0 aromatic heterocycles. The van der Waals surface area contributed by atoms with Crippen LogP contribution in [0.2, 0.25) is 0 Å². The molecule has 3 N–H and O–H groups in total. The molecule has 2 fully saturated rings. The van der Waals surface area contributed by atoms with Gasteiger partial charge >= 0.3 is 5.97 Å². The van der Waals surface area contributed by atoms with E-state index in [1.807, 2.05) is 30.3 Å². The third-order valence-corrected chi connectivity index (χ3v) is 6.23. The molecule has 0 radical (unpaired) electrons. The van der Waals surface area contributed by atoms with Crippen LogP contribution >= 0.6 is 11.8 Å². The number of benzene rings is 1. The average Bonchev–Trinajstić information content (AvgIpc) is 2.81. The van der Waals surface area contributed by atoms with Gasteiger partial charge in [-0.15, -0.1) is 11.8 Å². The Labute approximate surface area is 149 Å². The molecule has 0 aliphatic carbocycles. The molecule has 2 heterocycles. The Kier molecular flexibility index (Phi) is 4.51. The zero-order valence-corrected chi connectivity index (χ0v) is 14.7. The predicted molar refractivity (Wildman–Crippen MR) is 91.5 cm³/mol. The zero-order valence-electron chi connectivity index (χ0n) is 13.9. The van der Waals surface area contributed by atoms with Crippen molar-refractivity contribution in [1.29, 1.82) is 0 Å². The van der Waals surface area contributed by atoms with E-state index < -0.39 is 46.0 Å². The summed E-state index contributed by atoms with van der Waals surface area (Å²) < 4.78 is -0.679. The number of nitrogens with one attached hydrogen (secondary N) is 1. The Balaban J connectivity index is 1.66.